The standard InChI is InChI=1S/C31H32FN5O6/c1-17-21(7-8-28(39)37-9-11-43-12-10-37)18(2)33-26(17)15-24-22-6-4-20(14-27(22)35-30(24)41)34-31(42)36-29(40)23-5-3-19(16-38)13-25(23)32/h3-6,13-15,33,38H,7-12,16H2,1-2H3,(H,35,41)(H2,34,36,40,42)/b24-15-. The fraction of sp³-hybridized carbons (Fsp3) is 0.290. The summed E-state index contributed by atoms with van der Waals surface area (Å²) in [5, 5.41) is 16.5. The second kappa shape index (κ2) is 12.6. The lowest BCUT2D eigenvalue weighted by molar-refractivity contribution is -0.135. The highest BCUT2D eigenvalue weighted by Crippen LogP contribution is 2.36. The van der Waals surface area contributed by atoms with Crippen LogP contribution in [-0.2, 0) is 27.4 Å². The molecule has 2 aromatic carbocycles. The number of benzene rings is 2. The number of carbonyl (C=O) groups excluding carboxylic acids is 4. The van der Waals surface area contributed by atoms with Gasteiger partial charge in [-0.1, -0.05) is 12.1 Å². The monoisotopic (exact) mass is 589 g/mol. The van der Waals surface area contributed by atoms with Gasteiger partial charge in [-0.25, -0.2) is 9.18 Å². The molecule has 0 atom stereocenters. The highest BCUT2D eigenvalue weighted by atomic mass is 19.1. The lowest BCUT2D eigenvalue weighted by Crippen LogP contribution is -2.40. The van der Waals surface area contributed by atoms with E-state index in [1.807, 2.05) is 18.7 Å². The molecule has 2 aliphatic rings. The van der Waals surface area contributed by atoms with Crippen LogP contribution < -0.4 is 16.0 Å². The molecule has 0 unspecified atom stereocenters. The Morgan fingerprint density at radius 2 is 1.88 bits per heavy atom. The van der Waals surface area contributed by atoms with E-state index in [1.165, 1.54) is 12.1 Å². The molecule has 0 bridgehead atoms. The number of hydrogen-bond donors (Lipinski definition) is 5. The summed E-state index contributed by atoms with van der Waals surface area (Å²) in [6.07, 6.45) is 2.74. The van der Waals surface area contributed by atoms with Crippen LogP contribution in [0.25, 0.3) is 11.6 Å². The van der Waals surface area contributed by atoms with E-state index in [0.717, 1.165) is 28.6 Å². The van der Waals surface area contributed by atoms with Crippen LogP contribution >= 0.6 is 0 Å². The van der Waals surface area contributed by atoms with Gasteiger partial charge in [0.1, 0.15) is 5.82 Å². The number of anilines is 2. The summed E-state index contributed by atoms with van der Waals surface area (Å²) in [6, 6.07) is 7.53. The Balaban J connectivity index is 1.26. The van der Waals surface area contributed by atoms with E-state index in [1.54, 1.807) is 24.3 Å². The van der Waals surface area contributed by atoms with Crippen molar-refractivity contribution in [3.05, 3.63) is 81.4 Å². The number of urea groups is 1. The van der Waals surface area contributed by atoms with E-state index in [0.29, 0.717) is 67.2 Å². The molecule has 12 heteroatoms. The van der Waals surface area contributed by atoms with E-state index in [4.69, 9.17) is 9.84 Å². The van der Waals surface area contributed by atoms with Gasteiger partial charge < -0.3 is 30.4 Å². The van der Waals surface area contributed by atoms with Crippen molar-refractivity contribution in [3.63, 3.8) is 0 Å². The van der Waals surface area contributed by atoms with Crippen LogP contribution in [0.1, 0.15) is 50.4 Å². The van der Waals surface area contributed by atoms with Gasteiger partial charge in [-0.05, 0) is 67.3 Å². The summed E-state index contributed by atoms with van der Waals surface area (Å²) in [5.74, 6) is -2.03. The molecule has 1 saturated heterocycles. The van der Waals surface area contributed by atoms with Gasteiger partial charge in [0.05, 0.1) is 36.6 Å². The Labute approximate surface area is 247 Å². The fourth-order valence-electron chi connectivity index (χ4n) is 5.27. The number of aryl methyl sites for hydroxylation is 1. The Bertz CT molecular complexity index is 1640. The molecular formula is C31H32FN5O6. The van der Waals surface area contributed by atoms with Gasteiger partial charge in [0.25, 0.3) is 11.8 Å². The highest BCUT2D eigenvalue weighted by molar-refractivity contribution is 6.35. The van der Waals surface area contributed by atoms with Crippen LogP contribution in [0.4, 0.5) is 20.6 Å². The zero-order valence-corrected chi connectivity index (χ0v) is 23.8. The van der Waals surface area contributed by atoms with Gasteiger partial charge in [0.2, 0.25) is 5.91 Å². The van der Waals surface area contributed by atoms with Gasteiger partial charge in [-0.2, -0.15) is 0 Å². The summed E-state index contributed by atoms with van der Waals surface area (Å²) >= 11 is 0. The number of aromatic amines is 1. The van der Waals surface area contributed by atoms with Crippen molar-refractivity contribution < 1.29 is 33.4 Å². The van der Waals surface area contributed by atoms with Crippen LogP contribution in [0.15, 0.2) is 36.4 Å². The molecule has 0 saturated carbocycles. The van der Waals surface area contributed by atoms with Crippen LogP contribution in [-0.4, -0.2) is 65.0 Å². The quantitative estimate of drug-likeness (QED) is 0.266. The number of halogens is 1. The average molecular weight is 590 g/mol. The van der Waals surface area contributed by atoms with E-state index in [2.05, 4.69) is 20.9 Å². The molecule has 43 heavy (non-hydrogen) atoms. The number of aliphatic hydroxyl groups is 1. The van der Waals surface area contributed by atoms with Crippen LogP contribution in [0, 0.1) is 19.7 Å². The molecule has 3 aromatic rings. The molecular weight excluding hydrogens is 557 g/mol. The molecule has 224 valence electrons. The first-order chi connectivity index (χ1) is 20.6. The molecule has 3 heterocycles. The second-order valence-corrected chi connectivity index (χ2v) is 10.4. The topological polar surface area (TPSA) is 153 Å². The third-order valence-corrected chi connectivity index (χ3v) is 7.62. The summed E-state index contributed by atoms with van der Waals surface area (Å²) < 4.78 is 19.5. The number of nitrogens with one attached hydrogen (secondary N) is 4. The van der Waals surface area contributed by atoms with Crippen molar-refractivity contribution >= 4 is 46.8 Å². The Morgan fingerprint density at radius 1 is 1.12 bits per heavy atom. The van der Waals surface area contributed by atoms with Crippen LogP contribution in [0.3, 0.4) is 0 Å². The second-order valence-electron chi connectivity index (χ2n) is 10.4. The number of ether oxygens (including phenoxy) is 1. The molecule has 0 spiro atoms. The fourth-order valence-corrected chi connectivity index (χ4v) is 5.27. The van der Waals surface area contributed by atoms with Crippen molar-refractivity contribution in [2.45, 2.75) is 33.3 Å². The van der Waals surface area contributed by atoms with Crippen molar-refractivity contribution in [3.8, 4) is 0 Å². The number of amides is 5. The minimum Gasteiger partial charge on any atom is -0.392 e. The molecule has 11 nitrogen and oxygen atoms in total. The molecule has 1 fully saturated rings. The predicted molar refractivity (Wildman–Crippen MR) is 158 cm³/mol. The molecule has 2 aliphatic heterocycles. The van der Waals surface area contributed by atoms with Gasteiger partial charge >= 0.3 is 6.03 Å². The van der Waals surface area contributed by atoms with E-state index >= 15 is 0 Å². The zero-order chi connectivity index (χ0) is 30.7. The van der Waals surface area contributed by atoms with Crippen LogP contribution in [0.5, 0.6) is 0 Å². The van der Waals surface area contributed by atoms with E-state index < -0.39 is 17.8 Å². The smallest absolute Gasteiger partial charge is 0.326 e. The lowest BCUT2D eigenvalue weighted by atomic mass is 10.0. The van der Waals surface area contributed by atoms with Gasteiger partial charge in [0.15, 0.2) is 0 Å². The first-order valence-corrected chi connectivity index (χ1v) is 13.9. The van der Waals surface area contributed by atoms with Gasteiger partial charge in [-0.15, -0.1) is 0 Å². The predicted octanol–water partition coefficient (Wildman–Crippen LogP) is 3.51. The Hall–Kier alpha value is -4.81. The summed E-state index contributed by atoms with van der Waals surface area (Å²) in [4.78, 5) is 55.5. The first kappa shape index (κ1) is 29.7. The molecule has 0 radical (unpaired) electrons. The number of nitrogens with zero attached hydrogens (tertiary/aromatic N) is 1. The number of imide groups is 1. The minimum atomic E-state index is -0.944. The number of aromatic nitrogens is 1. The summed E-state index contributed by atoms with van der Waals surface area (Å²) in [7, 11) is 0. The third-order valence-electron chi connectivity index (χ3n) is 7.62. The molecule has 5 N–H and O–H groups in total. The number of carbonyl (C=O) groups is 4. The number of hydrogen-bond acceptors (Lipinski definition) is 6. The van der Waals surface area contributed by atoms with Crippen LogP contribution in [0.2, 0.25) is 0 Å². The summed E-state index contributed by atoms with van der Waals surface area (Å²) in [6.45, 7) is 5.85. The molecule has 5 rings (SSSR count). The number of morpholine rings is 1. The summed E-state index contributed by atoms with van der Waals surface area (Å²) in [5.41, 5.74) is 5.50. The maximum absolute atomic E-state index is 14.2. The van der Waals surface area contributed by atoms with E-state index in [-0.39, 0.29) is 24.0 Å². The zero-order valence-electron chi connectivity index (χ0n) is 23.8. The number of fused-ring (bicyclic) bond motifs is 1. The molecule has 5 amide bonds. The van der Waals surface area contributed by atoms with Gasteiger partial charge in [-0.3, -0.25) is 19.7 Å². The number of aliphatic hydroxyl groups excluding tert-OH is 1. The Morgan fingerprint density at radius 3 is 2.60 bits per heavy atom. The Kier molecular flexibility index (Phi) is 8.69. The normalized spacial score (nSPS) is 15.3. The number of H-pyrrole nitrogens is 1. The lowest BCUT2D eigenvalue weighted by Gasteiger charge is -2.26. The van der Waals surface area contributed by atoms with Crippen molar-refractivity contribution in [1.29, 1.82) is 0 Å². The average Bonchev–Trinajstić information content (AvgIpc) is 3.44. The SMILES string of the molecule is Cc1[nH]c(/C=C2\C(=O)Nc3cc(NC(=O)NC(=O)c4ccc(CO)cc4F)ccc32)c(C)c1CCC(=O)N1CCOCC1. The molecule has 1 aromatic heterocycles. The van der Waals surface area contributed by atoms with E-state index in [9.17, 15) is 23.6 Å². The van der Waals surface area contributed by atoms with Crippen molar-refractivity contribution in [2.75, 3.05) is 36.9 Å². The number of rotatable bonds is 7. The highest BCUT2D eigenvalue weighted by Gasteiger charge is 2.26. The third kappa shape index (κ3) is 6.50. The van der Waals surface area contributed by atoms with Crippen molar-refractivity contribution in [2.24, 2.45) is 0 Å². The van der Waals surface area contributed by atoms with Crippen molar-refractivity contribution in [1.82, 2.24) is 15.2 Å². The first-order valence-electron chi connectivity index (χ1n) is 13.9. The maximum Gasteiger partial charge on any atom is 0.326 e. The van der Waals surface area contributed by atoms with Gasteiger partial charge in [0, 0.05) is 42.1 Å². The minimum absolute atomic E-state index is 0.0960. The largest absolute Gasteiger partial charge is 0.392 e. The molecule has 0 aliphatic carbocycles. The maximum atomic E-state index is 14.2.